The molecule has 2 heterocycles. The van der Waals surface area contributed by atoms with Gasteiger partial charge in [-0.05, 0) is 11.6 Å². The minimum Gasteiger partial charge on any atom is -0.490 e. The Balaban J connectivity index is 1.58. The molecule has 1 aromatic heterocycles. The summed E-state index contributed by atoms with van der Waals surface area (Å²) in [5.74, 6) is -0.390. The van der Waals surface area contributed by atoms with Crippen molar-refractivity contribution in [2.75, 3.05) is 6.61 Å². The fourth-order valence-electron chi connectivity index (χ4n) is 3.42. The van der Waals surface area contributed by atoms with Crippen molar-refractivity contribution in [3.8, 4) is 5.75 Å². The van der Waals surface area contributed by atoms with Crippen LogP contribution < -0.4 is 10.1 Å². The molecule has 3 aromatic rings. The van der Waals surface area contributed by atoms with E-state index < -0.39 is 5.82 Å². The molecule has 4 rings (SSSR count). The molecule has 0 saturated heterocycles. The molecule has 5 nitrogen and oxygen atoms in total. The predicted octanol–water partition coefficient (Wildman–Crippen LogP) is 3.40. The van der Waals surface area contributed by atoms with E-state index in [-0.39, 0.29) is 17.7 Å². The van der Waals surface area contributed by atoms with Gasteiger partial charge in [0.15, 0.2) is 11.6 Å². The highest BCUT2D eigenvalue weighted by Gasteiger charge is 2.27. The normalized spacial score (nSPS) is 15.7. The van der Waals surface area contributed by atoms with Crippen LogP contribution in [0.25, 0.3) is 0 Å². The number of halogens is 1. The number of aryl methyl sites for hydroxylation is 1. The van der Waals surface area contributed by atoms with Gasteiger partial charge in [-0.1, -0.05) is 42.5 Å². The van der Waals surface area contributed by atoms with E-state index in [9.17, 15) is 9.18 Å². The predicted molar refractivity (Wildman–Crippen MR) is 99.2 cm³/mol. The summed E-state index contributed by atoms with van der Waals surface area (Å²) in [6, 6.07) is 14.4. The molecule has 1 aliphatic heterocycles. The van der Waals surface area contributed by atoms with Crippen molar-refractivity contribution in [2.45, 2.75) is 18.9 Å². The summed E-state index contributed by atoms with van der Waals surface area (Å²) in [5.41, 5.74) is 3.15. The van der Waals surface area contributed by atoms with E-state index in [1.807, 2.05) is 37.4 Å². The van der Waals surface area contributed by atoms with Crippen LogP contribution in [-0.4, -0.2) is 22.3 Å². The van der Waals surface area contributed by atoms with Gasteiger partial charge in [0.25, 0.3) is 5.91 Å². The summed E-state index contributed by atoms with van der Waals surface area (Å²) in [7, 11) is 1.83. The average Bonchev–Trinajstić information content (AvgIpc) is 3.04. The summed E-state index contributed by atoms with van der Waals surface area (Å²) in [6.07, 6.45) is 2.79. The third kappa shape index (κ3) is 3.43. The first-order valence-corrected chi connectivity index (χ1v) is 8.90. The van der Waals surface area contributed by atoms with Crippen molar-refractivity contribution in [2.24, 2.45) is 7.05 Å². The van der Waals surface area contributed by atoms with Crippen LogP contribution >= 0.6 is 0 Å². The van der Waals surface area contributed by atoms with E-state index in [0.717, 1.165) is 11.3 Å². The maximum Gasteiger partial charge on any atom is 0.255 e. The molecule has 1 N–H and O–H groups in total. The summed E-state index contributed by atoms with van der Waals surface area (Å²) in [5, 5.41) is 7.28. The molecule has 138 valence electrons. The van der Waals surface area contributed by atoms with Gasteiger partial charge in [-0.2, -0.15) is 5.10 Å². The number of aromatic nitrogens is 2. The smallest absolute Gasteiger partial charge is 0.255 e. The number of nitrogens with one attached hydrogen (secondary N) is 1. The van der Waals surface area contributed by atoms with E-state index >= 15 is 0 Å². The Bertz CT molecular complexity index is 969. The Morgan fingerprint density at radius 1 is 1.26 bits per heavy atom. The van der Waals surface area contributed by atoms with E-state index in [1.54, 1.807) is 23.0 Å². The number of amides is 1. The standard InChI is InChI=1S/C21H20FN3O2/c1-25-19(12-14-6-3-2-4-7-14)16(13-23-25)21(26)24-18-10-11-27-20-15(18)8-5-9-17(20)22/h2-9,13,18H,10-12H2,1H3,(H,24,26)/t18-/m0/s1. The highest BCUT2D eigenvalue weighted by molar-refractivity contribution is 5.95. The Labute approximate surface area is 156 Å². The van der Waals surface area contributed by atoms with Crippen LogP contribution in [0.4, 0.5) is 4.39 Å². The number of carbonyl (C=O) groups is 1. The van der Waals surface area contributed by atoms with Gasteiger partial charge in [0.2, 0.25) is 0 Å². The molecular formula is C21H20FN3O2. The van der Waals surface area contributed by atoms with Crippen LogP contribution in [0.3, 0.4) is 0 Å². The molecule has 27 heavy (non-hydrogen) atoms. The van der Waals surface area contributed by atoms with Crippen LogP contribution in [0, 0.1) is 5.82 Å². The zero-order valence-electron chi connectivity index (χ0n) is 15.0. The maximum atomic E-state index is 14.0. The number of rotatable bonds is 4. The van der Waals surface area contributed by atoms with Gasteiger partial charge in [0.05, 0.1) is 30.1 Å². The molecule has 0 bridgehead atoms. The first kappa shape index (κ1) is 17.3. The van der Waals surface area contributed by atoms with Gasteiger partial charge in [0, 0.05) is 25.5 Å². The molecule has 0 saturated carbocycles. The SMILES string of the molecule is Cn1ncc(C(=O)N[C@H]2CCOc3c(F)cccc32)c1Cc1ccccc1. The first-order valence-electron chi connectivity index (χ1n) is 8.90. The number of hydrogen-bond donors (Lipinski definition) is 1. The molecular weight excluding hydrogens is 345 g/mol. The van der Waals surface area contributed by atoms with E-state index in [4.69, 9.17) is 4.74 Å². The third-order valence-electron chi connectivity index (χ3n) is 4.85. The Kier molecular flexibility index (Phi) is 4.62. The number of nitrogens with zero attached hydrogens (tertiary/aromatic N) is 2. The topological polar surface area (TPSA) is 56.2 Å². The maximum absolute atomic E-state index is 14.0. The van der Waals surface area contributed by atoms with E-state index in [2.05, 4.69) is 10.4 Å². The zero-order valence-corrected chi connectivity index (χ0v) is 15.0. The number of ether oxygens (including phenoxy) is 1. The lowest BCUT2D eigenvalue weighted by Gasteiger charge is -2.27. The minimum absolute atomic E-state index is 0.212. The monoisotopic (exact) mass is 365 g/mol. The van der Waals surface area contributed by atoms with Crippen molar-refractivity contribution in [1.82, 2.24) is 15.1 Å². The van der Waals surface area contributed by atoms with Gasteiger partial charge in [-0.25, -0.2) is 4.39 Å². The van der Waals surface area contributed by atoms with Crippen LogP contribution in [0.15, 0.2) is 54.7 Å². The van der Waals surface area contributed by atoms with Gasteiger partial charge < -0.3 is 10.1 Å². The van der Waals surface area contributed by atoms with Crippen molar-refractivity contribution in [3.05, 3.63) is 82.9 Å². The second kappa shape index (κ2) is 7.23. The number of hydrogen-bond acceptors (Lipinski definition) is 3. The van der Waals surface area contributed by atoms with E-state index in [1.165, 1.54) is 6.07 Å². The van der Waals surface area contributed by atoms with Gasteiger partial charge in [-0.3, -0.25) is 9.48 Å². The largest absolute Gasteiger partial charge is 0.490 e. The number of para-hydroxylation sites is 1. The lowest BCUT2D eigenvalue weighted by atomic mass is 9.99. The van der Waals surface area contributed by atoms with Crippen LogP contribution in [0.1, 0.15) is 39.6 Å². The molecule has 2 aromatic carbocycles. The second-order valence-corrected chi connectivity index (χ2v) is 6.61. The van der Waals surface area contributed by atoms with Crippen molar-refractivity contribution in [3.63, 3.8) is 0 Å². The number of benzene rings is 2. The quantitative estimate of drug-likeness (QED) is 0.771. The van der Waals surface area contributed by atoms with Crippen LogP contribution in [-0.2, 0) is 13.5 Å². The fourth-order valence-corrected chi connectivity index (χ4v) is 3.42. The van der Waals surface area contributed by atoms with Crippen molar-refractivity contribution >= 4 is 5.91 Å². The Hall–Kier alpha value is -3.15. The molecule has 0 aliphatic carbocycles. The molecule has 0 unspecified atom stereocenters. The molecule has 1 atom stereocenters. The Morgan fingerprint density at radius 2 is 2.07 bits per heavy atom. The molecule has 6 heteroatoms. The van der Waals surface area contributed by atoms with Gasteiger partial charge in [-0.15, -0.1) is 0 Å². The summed E-state index contributed by atoms with van der Waals surface area (Å²) < 4.78 is 21.1. The highest BCUT2D eigenvalue weighted by atomic mass is 19.1. The summed E-state index contributed by atoms with van der Waals surface area (Å²) in [4.78, 5) is 12.9. The van der Waals surface area contributed by atoms with Crippen LogP contribution in [0.2, 0.25) is 0 Å². The zero-order chi connectivity index (χ0) is 18.8. The first-order chi connectivity index (χ1) is 13.1. The number of fused-ring (bicyclic) bond motifs is 1. The summed E-state index contributed by atoms with van der Waals surface area (Å²) in [6.45, 7) is 0.364. The van der Waals surface area contributed by atoms with Crippen molar-refractivity contribution < 1.29 is 13.9 Å². The highest BCUT2D eigenvalue weighted by Crippen LogP contribution is 2.34. The minimum atomic E-state index is -0.405. The third-order valence-corrected chi connectivity index (χ3v) is 4.85. The lowest BCUT2D eigenvalue weighted by Crippen LogP contribution is -2.32. The summed E-state index contributed by atoms with van der Waals surface area (Å²) >= 11 is 0. The van der Waals surface area contributed by atoms with E-state index in [0.29, 0.717) is 30.6 Å². The molecule has 0 fully saturated rings. The van der Waals surface area contributed by atoms with Gasteiger partial charge >= 0.3 is 0 Å². The molecule has 1 amide bonds. The average molecular weight is 365 g/mol. The second-order valence-electron chi connectivity index (χ2n) is 6.61. The van der Waals surface area contributed by atoms with Gasteiger partial charge in [0.1, 0.15) is 0 Å². The lowest BCUT2D eigenvalue weighted by molar-refractivity contribution is 0.0923. The van der Waals surface area contributed by atoms with Crippen molar-refractivity contribution in [1.29, 1.82) is 0 Å². The fraction of sp³-hybridized carbons (Fsp3) is 0.238. The molecule has 0 radical (unpaired) electrons. The van der Waals surface area contributed by atoms with Crippen LogP contribution in [0.5, 0.6) is 5.75 Å². The molecule has 0 spiro atoms. The molecule has 1 aliphatic rings. The Morgan fingerprint density at radius 3 is 2.89 bits per heavy atom. The number of carbonyl (C=O) groups excluding carboxylic acids is 1.